The molecule has 2 N–H and O–H groups in total. The van der Waals surface area contributed by atoms with Gasteiger partial charge in [0.05, 0.1) is 0 Å². The number of aromatic nitrogens is 2. The number of rotatable bonds is 3. The lowest BCUT2D eigenvalue weighted by Crippen LogP contribution is -2.49. The minimum absolute atomic E-state index is 0.0687. The van der Waals surface area contributed by atoms with Gasteiger partial charge in [0.25, 0.3) is 5.56 Å². The molecule has 6 heteroatoms. The summed E-state index contributed by atoms with van der Waals surface area (Å²) < 4.78 is 1.20. The highest BCUT2D eigenvalue weighted by Gasteiger charge is 2.30. The topological polar surface area (TPSA) is 84.0 Å². The average molecular weight is 279 g/mol. The van der Waals surface area contributed by atoms with Crippen LogP contribution in [-0.2, 0) is 11.3 Å². The second-order valence-electron chi connectivity index (χ2n) is 6.03. The lowest BCUT2D eigenvalue weighted by Gasteiger charge is -2.37. The smallest absolute Gasteiger partial charge is 0.328 e. The number of amides is 1. The van der Waals surface area contributed by atoms with Crippen molar-refractivity contribution >= 4 is 5.91 Å². The highest BCUT2D eigenvalue weighted by atomic mass is 16.2. The van der Waals surface area contributed by atoms with Crippen LogP contribution < -0.4 is 16.6 Å². The molecule has 1 heterocycles. The van der Waals surface area contributed by atoms with Crippen molar-refractivity contribution in [2.75, 3.05) is 0 Å². The Balaban J connectivity index is 1.99. The molecule has 0 atom stereocenters. The van der Waals surface area contributed by atoms with Gasteiger partial charge >= 0.3 is 5.69 Å². The van der Waals surface area contributed by atoms with Gasteiger partial charge in [0.2, 0.25) is 5.91 Å². The van der Waals surface area contributed by atoms with Crippen molar-refractivity contribution in [3.05, 3.63) is 33.1 Å². The second kappa shape index (κ2) is 5.64. The number of hydrogen-bond donors (Lipinski definition) is 2. The molecule has 1 aliphatic carbocycles. The summed E-state index contributed by atoms with van der Waals surface area (Å²) in [7, 11) is 0. The summed E-state index contributed by atoms with van der Waals surface area (Å²) in [5.74, 6) is 0.512. The summed E-state index contributed by atoms with van der Waals surface area (Å²) in [5, 5.41) is 3.02. The van der Waals surface area contributed by atoms with Gasteiger partial charge in [-0.25, -0.2) is 4.79 Å². The molecule has 20 heavy (non-hydrogen) atoms. The van der Waals surface area contributed by atoms with Crippen molar-refractivity contribution in [2.24, 2.45) is 5.92 Å². The fourth-order valence-electron chi connectivity index (χ4n) is 2.62. The van der Waals surface area contributed by atoms with Gasteiger partial charge in [0, 0.05) is 17.8 Å². The Kier molecular flexibility index (Phi) is 4.11. The zero-order chi connectivity index (χ0) is 14.8. The van der Waals surface area contributed by atoms with E-state index in [1.165, 1.54) is 16.8 Å². The van der Waals surface area contributed by atoms with Crippen molar-refractivity contribution in [3.8, 4) is 0 Å². The van der Waals surface area contributed by atoms with Gasteiger partial charge in [0.15, 0.2) is 0 Å². The van der Waals surface area contributed by atoms with E-state index in [0.29, 0.717) is 5.92 Å². The van der Waals surface area contributed by atoms with E-state index in [0.717, 1.165) is 25.7 Å². The first kappa shape index (κ1) is 14.6. The molecule has 1 aromatic heterocycles. The zero-order valence-electron chi connectivity index (χ0n) is 11.9. The minimum atomic E-state index is -0.560. The van der Waals surface area contributed by atoms with Crippen molar-refractivity contribution in [1.82, 2.24) is 14.9 Å². The molecule has 0 bridgehead atoms. The number of aromatic amines is 1. The first-order chi connectivity index (χ1) is 9.38. The van der Waals surface area contributed by atoms with Crippen LogP contribution in [0.5, 0.6) is 0 Å². The van der Waals surface area contributed by atoms with Crippen LogP contribution in [0.1, 0.15) is 39.5 Å². The van der Waals surface area contributed by atoms with Crippen LogP contribution in [0.15, 0.2) is 21.9 Å². The first-order valence-electron chi connectivity index (χ1n) is 6.99. The fraction of sp³-hybridized carbons (Fsp3) is 0.643. The van der Waals surface area contributed by atoms with E-state index in [9.17, 15) is 14.4 Å². The highest BCUT2D eigenvalue weighted by molar-refractivity contribution is 5.76. The van der Waals surface area contributed by atoms with Crippen LogP contribution >= 0.6 is 0 Å². The zero-order valence-corrected chi connectivity index (χ0v) is 11.9. The molecule has 0 unspecified atom stereocenters. The largest absolute Gasteiger partial charge is 0.349 e. The predicted octanol–water partition coefficient (Wildman–Crippen LogP) is 0.622. The SMILES string of the molecule is CC1CCC(C)(NC(=O)Cn2ccc(=O)[nH]c2=O)CC1. The molecule has 0 aromatic carbocycles. The van der Waals surface area contributed by atoms with Gasteiger partial charge in [0.1, 0.15) is 6.54 Å². The Morgan fingerprint density at radius 2 is 2.10 bits per heavy atom. The van der Waals surface area contributed by atoms with E-state index < -0.39 is 11.2 Å². The Hall–Kier alpha value is -1.85. The summed E-state index contributed by atoms with van der Waals surface area (Å²) in [4.78, 5) is 36.7. The van der Waals surface area contributed by atoms with Crippen molar-refractivity contribution < 1.29 is 4.79 Å². The molecule has 1 saturated carbocycles. The minimum Gasteiger partial charge on any atom is -0.349 e. The van der Waals surface area contributed by atoms with Gasteiger partial charge in [-0.05, 0) is 38.5 Å². The van der Waals surface area contributed by atoms with E-state index in [2.05, 4.69) is 17.2 Å². The summed E-state index contributed by atoms with van der Waals surface area (Å²) in [6.07, 6.45) is 5.47. The predicted molar refractivity (Wildman–Crippen MR) is 75.5 cm³/mol. The Bertz CT molecular complexity index is 594. The van der Waals surface area contributed by atoms with Crippen LogP contribution in [0.4, 0.5) is 0 Å². The molecule has 1 aromatic rings. The van der Waals surface area contributed by atoms with Crippen molar-refractivity contribution in [1.29, 1.82) is 0 Å². The van der Waals surface area contributed by atoms with Gasteiger partial charge in [-0.1, -0.05) is 6.92 Å². The summed E-state index contributed by atoms with van der Waals surface area (Å²) in [6.45, 7) is 4.20. The Morgan fingerprint density at radius 3 is 2.70 bits per heavy atom. The maximum absolute atomic E-state index is 12.0. The quantitative estimate of drug-likeness (QED) is 0.850. The average Bonchev–Trinajstić information content (AvgIpc) is 2.37. The molecule has 1 aliphatic rings. The number of hydrogen-bond acceptors (Lipinski definition) is 3. The maximum Gasteiger partial charge on any atom is 0.328 e. The standard InChI is InChI=1S/C14H21N3O3/c1-10-3-6-14(2,7-4-10)16-12(19)9-17-8-5-11(18)15-13(17)20/h5,8,10H,3-4,6-7,9H2,1-2H3,(H,16,19)(H,15,18,20). The number of H-pyrrole nitrogens is 1. The van der Waals surface area contributed by atoms with Crippen LogP contribution in [-0.4, -0.2) is 21.0 Å². The fourth-order valence-corrected chi connectivity index (χ4v) is 2.62. The number of carbonyl (C=O) groups is 1. The third-order valence-corrected chi connectivity index (χ3v) is 4.03. The lowest BCUT2D eigenvalue weighted by atomic mass is 9.78. The molecule has 1 amide bonds. The summed E-state index contributed by atoms with van der Waals surface area (Å²) in [5.41, 5.74) is -1.20. The number of carbonyl (C=O) groups excluding carboxylic acids is 1. The van der Waals surface area contributed by atoms with E-state index in [4.69, 9.17) is 0 Å². The van der Waals surface area contributed by atoms with E-state index in [1.807, 2.05) is 6.92 Å². The molecule has 0 saturated heterocycles. The van der Waals surface area contributed by atoms with Crippen molar-refractivity contribution in [3.63, 3.8) is 0 Å². The van der Waals surface area contributed by atoms with Gasteiger partial charge in [-0.2, -0.15) is 0 Å². The molecule has 0 spiro atoms. The van der Waals surface area contributed by atoms with E-state index in [1.54, 1.807) is 0 Å². The van der Waals surface area contributed by atoms with Crippen LogP contribution in [0.2, 0.25) is 0 Å². The van der Waals surface area contributed by atoms with E-state index in [-0.39, 0.29) is 18.0 Å². The maximum atomic E-state index is 12.0. The summed E-state index contributed by atoms with van der Waals surface area (Å²) >= 11 is 0. The highest BCUT2D eigenvalue weighted by Crippen LogP contribution is 2.31. The van der Waals surface area contributed by atoms with Gasteiger partial charge < -0.3 is 5.32 Å². The van der Waals surface area contributed by atoms with E-state index >= 15 is 0 Å². The third-order valence-electron chi connectivity index (χ3n) is 4.03. The Labute approximate surface area is 117 Å². The molecule has 0 aliphatic heterocycles. The third kappa shape index (κ3) is 3.59. The molecule has 0 radical (unpaired) electrons. The lowest BCUT2D eigenvalue weighted by molar-refractivity contribution is -0.124. The van der Waals surface area contributed by atoms with Crippen molar-refractivity contribution in [2.45, 2.75) is 51.6 Å². The van der Waals surface area contributed by atoms with Crippen LogP contribution in [0.25, 0.3) is 0 Å². The van der Waals surface area contributed by atoms with Crippen LogP contribution in [0.3, 0.4) is 0 Å². The molecule has 6 nitrogen and oxygen atoms in total. The molecular weight excluding hydrogens is 258 g/mol. The normalized spacial score (nSPS) is 26.2. The van der Waals surface area contributed by atoms with Crippen LogP contribution in [0, 0.1) is 5.92 Å². The first-order valence-corrected chi connectivity index (χ1v) is 6.99. The molecule has 1 fully saturated rings. The van der Waals surface area contributed by atoms with Gasteiger partial charge in [-0.3, -0.25) is 19.1 Å². The Morgan fingerprint density at radius 1 is 1.45 bits per heavy atom. The number of nitrogens with zero attached hydrogens (tertiary/aromatic N) is 1. The number of nitrogens with one attached hydrogen (secondary N) is 2. The monoisotopic (exact) mass is 279 g/mol. The molecular formula is C14H21N3O3. The molecule has 110 valence electrons. The second-order valence-corrected chi connectivity index (χ2v) is 6.03. The summed E-state index contributed by atoms with van der Waals surface area (Å²) in [6, 6.07) is 1.23. The van der Waals surface area contributed by atoms with Gasteiger partial charge in [-0.15, -0.1) is 0 Å². The molecule has 2 rings (SSSR count).